The number of hydrogen-bond acceptors (Lipinski definition) is 3. The van der Waals surface area contributed by atoms with E-state index in [0.717, 1.165) is 6.42 Å². The van der Waals surface area contributed by atoms with E-state index in [-0.39, 0.29) is 17.6 Å². The number of nitrogens with zero attached hydrogens (tertiary/aromatic N) is 1. The number of anilines is 2. The lowest BCUT2D eigenvalue weighted by molar-refractivity contribution is -0.117. The smallest absolute Gasteiger partial charge is 0.235 e. The van der Waals surface area contributed by atoms with E-state index in [1.54, 1.807) is 24.3 Å². The molecule has 2 fully saturated rings. The molecule has 5 nitrogen and oxygen atoms in total. The number of nitrogens with one attached hydrogen (secondary N) is 1. The number of sulfonamides is 1. The maximum Gasteiger partial charge on any atom is 0.235 e. The second kappa shape index (κ2) is 6.19. The van der Waals surface area contributed by atoms with Crippen LogP contribution in [0.4, 0.5) is 11.4 Å². The fourth-order valence-corrected chi connectivity index (χ4v) is 4.99. The summed E-state index contributed by atoms with van der Waals surface area (Å²) in [4.78, 5) is 12.4. The van der Waals surface area contributed by atoms with Crippen molar-refractivity contribution in [3.05, 3.63) is 60.2 Å². The first-order valence-corrected chi connectivity index (χ1v) is 10.1. The van der Waals surface area contributed by atoms with Gasteiger partial charge in [-0.2, -0.15) is 0 Å². The SMILES string of the molecule is O=C(Nc1ccc(N2CCCS2(=O)=O)cc1)C1CC1c1ccccc1. The first kappa shape index (κ1) is 16.1. The Hall–Kier alpha value is -2.34. The Bertz CT molecular complexity index is 879. The van der Waals surface area contributed by atoms with E-state index in [1.807, 2.05) is 18.2 Å². The molecule has 2 aromatic carbocycles. The van der Waals surface area contributed by atoms with Gasteiger partial charge in [0.05, 0.1) is 11.4 Å². The number of hydrogen-bond donors (Lipinski definition) is 1. The molecule has 1 heterocycles. The van der Waals surface area contributed by atoms with Gasteiger partial charge in [-0.1, -0.05) is 30.3 Å². The summed E-state index contributed by atoms with van der Waals surface area (Å²) in [6.45, 7) is 0.523. The molecular formula is C19H20N2O3S. The van der Waals surface area contributed by atoms with Gasteiger partial charge in [-0.3, -0.25) is 9.10 Å². The summed E-state index contributed by atoms with van der Waals surface area (Å²) in [5.41, 5.74) is 2.56. The van der Waals surface area contributed by atoms with Crippen molar-refractivity contribution in [1.82, 2.24) is 0 Å². The molecule has 6 heteroatoms. The van der Waals surface area contributed by atoms with Gasteiger partial charge in [-0.05, 0) is 48.6 Å². The summed E-state index contributed by atoms with van der Waals surface area (Å²) in [5, 5.41) is 2.94. The number of carbonyl (C=O) groups excluding carboxylic acids is 1. The zero-order valence-electron chi connectivity index (χ0n) is 13.8. The predicted molar refractivity (Wildman–Crippen MR) is 98.1 cm³/mol. The van der Waals surface area contributed by atoms with E-state index in [4.69, 9.17) is 0 Å². The average Bonchev–Trinajstić information content (AvgIpc) is 3.34. The predicted octanol–water partition coefficient (Wildman–Crippen LogP) is 2.97. The van der Waals surface area contributed by atoms with Crippen molar-refractivity contribution in [2.45, 2.75) is 18.8 Å². The molecule has 1 saturated carbocycles. The highest BCUT2D eigenvalue weighted by molar-refractivity contribution is 7.93. The van der Waals surface area contributed by atoms with E-state index in [2.05, 4.69) is 17.4 Å². The van der Waals surface area contributed by atoms with Crippen LogP contribution in [0, 0.1) is 5.92 Å². The molecular weight excluding hydrogens is 336 g/mol. The highest BCUT2D eigenvalue weighted by Gasteiger charge is 2.43. The number of amides is 1. The molecule has 4 rings (SSSR count). The van der Waals surface area contributed by atoms with Crippen LogP contribution in [0.25, 0.3) is 0 Å². The van der Waals surface area contributed by atoms with Crippen molar-refractivity contribution < 1.29 is 13.2 Å². The normalized spacial score (nSPS) is 24.1. The quantitative estimate of drug-likeness (QED) is 0.916. The van der Waals surface area contributed by atoms with Crippen LogP contribution in [0.3, 0.4) is 0 Å². The third-order valence-electron chi connectivity index (χ3n) is 4.88. The Morgan fingerprint density at radius 1 is 1.04 bits per heavy atom. The zero-order valence-corrected chi connectivity index (χ0v) is 14.6. The molecule has 2 atom stereocenters. The van der Waals surface area contributed by atoms with Crippen molar-refractivity contribution in [3.63, 3.8) is 0 Å². The molecule has 25 heavy (non-hydrogen) atoms. The summed E-state index contributed by atoms with van der Waals surface area (Å²) in [6, 6.07) is 17.1. The maximum atomic E-state index is 12.4. The van der Waals surface area contributed by atoms with Crippen molar-refractivity contribution in [1.29, 1.82) is 0 Å². The lowest BCUT2D eigenvalue weighted by atomic mass is 10.1. The highest BCUT2D eigenvalue weighted by atomic mass is 32.2. The topological polar surface area (TPSA) is 66.5 Å². The molecule has 2 unspecified atom stereocenters. The average molecular weight is 356 g/mol. The fourth-order valence-electron chi connectivity index (χ4n) is 3.43. The highest BCUT2D eigenvalue weighted by Crippen LogP contribution is 2.47. The van der Waals surface area contributed by atoms with E-state index in [1.165, 1.54) is 9.87 Å². The van der Waals surface area contributed by atoms with E-state index >= 15 is 0 Å². The van der Waals surface area contributed by atoms with E-state index in [0.29, 0.717) is 30.3 Å². The van der Waals surface area contributed by atoms with Crippen LogP contribution in [-0.2, 0) is 14.8 Å². The minimum absolute atomic E-state index is 0.0148. The van der Waals surface area contributed by atoms with Gasteiger partial charge in [-0.25, -0.2) is 8.42 Å². The first-order valence-electron chi connectivity index (χ1n) is 8.51. The Balaban J connectivity index is 1.40. The van der Waals surface area contributed by atoms with Gasteiger partial charge in [0.15, 0.2) is 0 Å². The number of carbonyl (C=O) groups is 1. The van der Waals surface area contributed by atoms with Crippen LogP contribution in [0.5, 0.6) is 0 Å². The van der Waals surface area contributed by atoms with E-state index in [9.17, 15) is 13.2 Å². The van der Waals surface area contributed by atoms with Gasteiger partial charge in [0, 0.05) is 18.2 Å². The van der Waals surface area contributed by atoms with Gasteiger partial charge in [0.1, 0.15) is 0 Å². The molecule has 1 aliphatic carbocycles. The van der Waals surface area contributed by atoms with Gasteiger partial charge < -0.3 is 5.32 Å². The fraction of sp³-hybridized carbons (Fsp3) is 0.316. The molecule has 0 radical (unpaired) electrons. The monoisotopic (exact) mass is 356 g/mol. The molecule has 1 N–H and O–H groups in total. The lowest BCUT2D eigenvalue weighted by Crippen LogP contribution is -2.25. The van der Waals surface area contributed by atoms with Crippen LogP contribution < -0.4 is 9.62 Å². The van der Waals surface area contributed by atoms with Crippen molar-refractivity contribution >= 4 is 27.3 Å². The largest absolute Gasteiger partial charge is 0.326 e. The molecule has 2 aromatic rings. The van der Waals surface area contributed by atoms with Gasteiger partial charge in [0.2, 0.25) is 15.9 Å². The van der Waals surface area contributed by atoms with Crippen LogP contribution in [0.2, 0.25) is 0 Å². The summed E-state index contributed by atoms with van der Waals surface area (Å²) >= 11 is 0. The molecule has 0 spiro atoms. The lowest BCUT2D eigenvalue weighted by Gasteiger charge is -2.17. The maximum absolute atomic E-state index is 12.4. The Morgan fingerprint density at radius 2 is 1.76 bits per heavy atom. The Labute approximate surface area is 147 Å². The molecule has 2 aliphatic rings. The van der Waals surface area contributed by atoms with Crippen molar-refractivity contribution in [3.8, 4) is 0 Å². The van der Waals surface area contributed by atoms with Crippen molar-refractivity contribution in [2.24, 2.45) is 5.92 Å². The third-order valence-corrected chi connectivity index (χ3v) is 6.75. The van der Waals surface area contributed by atoms with Gasteiger partial charge >= 0.3 is 0 Å². The summed E-state index contributed by atoms with van der Waals surface area (Å²) in [5.74, 6) is 0.542. The Kier molecular flexibility index (Phi) is 4.00. The van der Waals surface area contributed by atoms with Crippen molar-refractivity contribution in [2.75, 3.05) is 21.9 Å². The molecule has 0 aromatic heterocycles. The Morgan fingerprint density at radius 3 is 2.40 bits per heavy atom. The summed E-state index contributed by atoms with van der Waals surface area (Å²) in [6.07, 6.45) is 1.53. The number of benzene rings is 2. The second-order valence-corrected chi connectivity index (χ2v) is 8.65. The van der Waals surface area contributed by atoms with Crippen LogP contribution in [0.1, 0.15) is 24.3 Å². The summed E-state index contributed by atoms with van der Waals surface area (Å²) < 4.78 is 25.3. The minimum atomic E-state index is -3.17. The second-order valence-electron chi connectivity index (χ2n) is 6.64. The number of rotatable bonds is 4. The van der Waals surface area contributed by atoms with Gasteiger partial charge in [0.25, 0.3) is 0 Å². The minimum Gasteiger partial charge on any atom is -0.326 e. The molecule has 1 saturated heterocycles. The molecule has 130 valence electrons. The molecule has 1 amide bonds. The van der Waals surface area contributed by atoms with Gasteiger partial charge in [-0.15, -0.1) is 0 Å². The zero-order chi connectivity index (χ0) is 17.4. The van der Waals surface area contributed by atoms with E-state index < -0.39 is 10.0 Å². The molecule has 0 bridgehead atoms. The van der Waals surface area contributed by atoms with Crippen LogP contribution in [0.15, 0.2) is 54.6 Å². The first-order chi connectivity index (χ1) is 12.0. The standard InChI is InChI=1S/C19H20N2O3S/c22-19(18-13-17(18)14-5-2-1-3-6-14)20-15-7-9-16(10-8-15)21-11-4-12-25(21,23)24/h1-3,5-10,17-18H,4,11-13H2,(H,20,22). The summed E-state index contributed by atoms with van der Waals surface area (Å²) in [7, 11) is -3.17. The van der Waals surface area contributed by atoms with Crippen LogP contribution >= 0.6 is 0 Å². The van der Waals surface area contributed by atoms with Crippen LogP contribution in [-0.4, -0.2) is 26.6 Å². The third kappa shape index (κ3) is 3.26. The molecule has 1 aliphatic heterocycles.